The van der Waals surface area contributed by atoms with Gasteiger partial charge in [-0.25, -0.2) is 0 Å². The van der Waals surface area contributed by atoms with E-state index < -0.39 is 5.97 Å². The van der Waals surface area contributed by atoms with E-state index in [1.807, 2.05) is 0 Å². The minimum atomic E-state index is -1.08. The van der Waals surface area contributed by atoms with Crippen LogP contribution in [-0.4, -0.2) is 29.9 Å². The summed E-state index contributed by atoms with van der Waals surface area (Å²) in [6.45, 7) is 2.56. The van der Waals surface area contributed by atoms with Crippen LogP contribution in [0.1, 0.15) is 0 Å². The number of carboxylic acids is 1. The summed E-state index contributed by atoms with van der Waals surface area (Å²) in [5, 5.41) is 7.31. The van der Waals surface area contributed by atoms with Crippen LogP contribution in [0.3, 0.4) is 0 Å². The van der Waals surface area contributed by atoms with Crippen molar-refractivity contribution >= 4 is 24.8 Å². The Morgan fingerprint density at radius 1 is 1.80 bits per heavy atom. The number of hydrogen-bond acceptors (Lipinski definition) is 1. The third-order valence-electron chi connectivity index (χ3n) is 0. The van der Waals surface area contributed by atoms with Crippen molar-refractivity contribution in [1.82, 2.24) is 0 Å². The zero-order chi connectivity index (χ0) is 3.58. The summed E-state index contributed by atoms with van der Waals surface area (Å²) >= 11 is 0. The first-order valence-electron chi connectivity index (χ1n) is 0.781. The van der Waals surface area contributed by atoms with Crippen LogP contribution < -0.4 is 0 Å². The molecule has 0 heterocycles. The normalized spacial score (nSPS) is 5.00. The molecular formula is C2H4LiO2. The Morgan fingerprint density at radius 3 is 1.80 bits per heavy atom. The van der Waals surface area contributed by atoms with E-state index in [1.54, 1.807) is 0 Å². The second-order valence-electron chi connectivity index (χ2n) is 0.394. The van der Waals surface area contributed by atoms with Gasteiger partial charge in [0.25, 0.3) is 0 Å². The van der Waals surface area contributed by atoms with Gasteiger partial charge in [-0.05, 0) is 0 Å². The molecule has 5 heavy (non-hydrogen) atoms. The van der Waals surface area contributed by atoms with Gasteiger partial charge in [0.2, 0.25) is 0 Å². The summed E-state index contributed by atoms with van der Waals surface area (Å²) in [4.78, 5) is 8.89. The number of rotatable bonds is 0. The van der Waals surface area contributed by atoms with E-state index in [-0.39, 0.29) is 18.9 Å². The second-order valence-corrected chi connectivity index (χ2v) is 0.394. The Bertz CT molecular complexity index is 30.6. The Labute approximate surface area is 42.4 Å². The van der Waals surface area contributed by atoms with Crippen molar-refractivity contribution in [2.24, 2.45) is 0 Å². The molecule has 0 unspecified atom stereocenters. The molecular weight excluding hydrogens is 63.0 g/mol. The summed E-state index contributed by atoms with van der Waals surface area (Å²) in [5.41, 5.74) is 0. The van der Waals surface area contributed by atoms with Gasteiger partial charge >= 0.3 is 24.8 Å². The van der Waals surface area contributed by atoms with Gasteiger partial charge in [-0.3, -0.25) is 4.79 Å². The van der Waals surface area contributed by atoms with Crippen LogP contribution in [-0.2, 0) is 4.79 Å². The molecule has 0 aliphatic heterocycles. The fourth-order valence-corrected chi connectivity index (χ4v) is 0. The van der Waals surface area contributed by atoms with Gasteiger partial charge in [0, 0.05) is 0 Å². The average Bonchev–Trinajstić information content (AvgIpc) is 0.811. The molecule has 0 aromatic heterocycles. The maximum atomic E-state index is 8.89. The Kier molecular flexibility index (Phi) is 7.25. The number of carboxylic acid groups (broad SMARTS) is 1. The molecule has 3 heteroatoms. The van der Waals surface area contributed by atoms with Crippen molar-refractivity contribution in [2.75, 3.05) is 0 Å². The number of carbonyl (C=O) groups is 1. The minimum absolute atomic E-state index is 0. The van der Waals surface area contributed by atoms with E-state index in [9.17, 15) is 0 Å². The van der Waals surface area contributed by atoms with Gasteiger partial charge in [0.05, 0.1) is 6.92 Å². The van der Waals surface area contributed by atoms with Gasteiger partial charge < -0.3 is 5.11 Å². The van der Waals surface area contributed by atoms with Crippen molar-refractivity contribution in [2.45, 2.75) is 0 Å². The number of aliphatic carboxylic acids is 1. The summed E-state index contributed by atoms with van der Waals surface area (Å²) in [6.07, 6.45) is 0. The van der Waals surface area contributed by atoms with Gasteiger partial charge in [-0.1, -0.05) is 0 Å². The van der Waals surface area contributed by atoms with Crippen LogP contribution in [0.15, 0.2) is 0 Å². The molecule has 0 aromatic rings. The molecule has 0 saturated carbocycles. The standard InChI is InChI=1S/C2H3O2.Li.H/c1-2(3)4;;/h1H2,(H,3,4);;. The van der Waals surface area contributed by atoms with E-state index in [2.05, 4.69) is 6.92 Å². The van der Waals surface area contributed by atoms with Crippen molar-refractivity contribution in [3.63, 3.8) is 0 Å². The van der Waals surface area contributed by atoms with Gasteiger partial charge in [-0.2, -0.15) is 0 Å². The first kappa shape index (κ1) is 8.91. The predicted octanol–water partition coefficient (Wildman–Crippen LogP) is -0.743. The fourth-order valence-electron chi connectivity index (χ4n) is 0. The van der Waals surface area contributed by atoms with Crippen LogP contribution in [0.5, 0.6) is 0 Å². The van der Waals surface area contributed by atoms with Crippen LogP contribution >= 0.6 is 0 Å². The van der Waals surface area contributed by atoms with Crippen molar-refractivity contribution in [1.29, 1.82) is 0 Å². The third-order valence-corrected chi connectivity index (χ3v) is 0. The molecule has 0 saturated heterocycles. The zero-order valence-corrected chi connectivity index (χ0v) is 2.06. The van der Waals surface area contributed by atoms with Crippen molar-refractivity contribution in [3.05, 3.63) is 6.92 Å². The van der Waals surface area contributed by atoms with Gasteiger partial charge in [0.15, 0.2) is 0 Å². The van der Waals surface area contributed by atoms with E-state index in [0.717, 1.165) is 0 Å². The zero-order valence-electron chi connectivity index (χ0n) is 2.06. The fraction of sp³-hybridized carbons (Fsp3) is 0. The third kappa shape index (κ3) is 3830. The Balaban J connectivity index is 0. The average molecular weight is 67.0 g/mol. The van der Waals surface area contributed by atoms with Gasteiger partial charge in [-0.15, -0.1) is 0 Å². The molecule has 25 valence electrons. The van der Waals surface area contributed by atoms with Crippen LogP contribution in [0, 0.1) is 6.92 Å². The first-order valence-corrected chi connectivity index (χ1v) is 0.781. The van der Waals surface area contributed by atoms with E-state index in [0.29, 0.717) is 0 Å². The summed E-state index contributed by atoms with van der Waals surface area (Å²) in [5.74, 6) is -1.08. The van der Waals surface area contributed by atoms with E-state index >= 15 is 0 Å². The molecule has 0 atom stereocenters. The maximum absolute atomic E-state index is 8.89. The van der Waals surface area contributed by atoms with Crippen LogP contribution in [0.25, 0.3) is 0 Å². The van der Waals surface area contributed by atoms with E-state index in [1.165, 1.54) is 0 Å². The van der Waals surface area contributed by atoms with Crippen LogP contribution in [0.2, 0.25) is 0 Å². The molecule has 0 bridgehead atoms. The molecule has 0 amide bonds. The summed E-state index contributed by atoms with van der Waals surface area (Å²) < 4.78 is 0. The topological polar surface area (TPSA) is 37.3 Å². The number of hydrogen-bond donors (Lipinski definition) is 1. The van der Waals surface area contributed by atoms with Crippen molar-refractivity contribution in [3.8, 4) is 0 Å². The predicted molar refractivity (Wildman–Crippen MR) is 20.1 cm³/mol. The SMILES string of the molecule is [CH2]C(=O)O.[LiH]. The molecule has 2 nitrogen and oxygen atoms in total. The van der Waals surface area contributed by atoms with Crippen LogP contribution in [0.4, 0.5) is 0 Å². The van der Waals surface area contributed by atoms with Crippen molar-refractivity contribution < 1.29 is 9.90 Å². The summed E-state index contributed by atoms with van der Waals surface area (Å²) in [7, 11) is 0. The molecule has 0 spiro atoms. The molecule has 1 radical (unpaired) electrons. The quantitative estimate of drug-likeness (QED) is 0.379. The first-order chi connectivity index (χ1) is 1.73. The van der Waals surface area contributed by atoms with E-state index in [4.69, 9.17) is 9.90 Å². The van der Waals surface area contributed by atoms with Gasteiger partial charge in [0.1, 0.15) is 0 Å². The second kappa shape index (κ2) is 4.07. The Hall–Kier alpha value is 0.0674. The molecule has 0 aliphatic carbocycles. The molecule has 0 rings (SSSR count). The molecule has 0 aromatic carbocycles. The molecule has 0 aliphatic rings. The molecule has 0 fully saturated rings. The Morgan fingerprint density at radius 2 is 1.80 bits per heavy atom. The monoisotopic (exact) mass is 67.0 g/mol. The summed E-state index contributed by atoms with van der Waals surface area (Å²) in [6, 6.07) is 0. The molecule has 1 N–H and O–H groups in total.